The van der Waals surface area contributed by atoms with Crippen LogP contribution in [-0.4, -0.2) is 23.8 Å². The Kier molecular flexibility index (Phi) is 9.93. The summed E-state index contributed by atoms with van der Waals surface area (Å²) >= 11 is 6.01. The Hall–Kier alpha value is -3.57. The molecule has 0 aliphatic rings. The number of benzene rings is 2. The van der Waals surface area contributed by atoms with Crippen molar-refractivity contribution < 1.29 is 9.47 Å². The number of rotatable bonds is 11. The van der Waals surface area contributed by atoms with E-state index in [0.717, 1.165) is 35.2 Å². The van der Waals surface area contributed by atoms with Crippen molar-refractivity contribution >= 4 is 17.2 Å². The third-order valence-corrected chi connectivity index (χ3v) is 6.55. The molecule has 2 aromatic carbocycles. The standard InChI is InChI=1S/C31H35ClN2O3/c1-7-9-13-29-33-22(4)26(31(35)34(29)30-27(36-5)11-10-12-28(30)37-6)20-23(8-2)15-14-21(3)24-16-18-25(32)19-17-24/h8,10-12,14-19H,3,7,9,13,20H2,1-2,4-6H3/b15-14-,23-8+. The Bertz CT molecular complexity index is 1350. The predicted molar refractivity (Wildman–Crippen MR) is 153 cm³/mol. The van der Waals surface area contributed by atoms with E-state index in [4.69, 9.17) is 26.1 Å². The van der Waals surface area contributed by atoms with Gasteiger partial charge in [-0.15, -0.1) is 0 Å². The second kappa shape index (κ2) is 13.1. The van der Waals surface area contributed by atoms with Crippen LogP contribution in [0.1, 0.15) is 49.3 Å². The van der Waals surface area contributed by atoms with Crippen LogP contribution in [0, 0.1) is 6.92 Å². The molecule has 0 bridgehead atoms. The minimum Gasteiger partial charge on any atom is -0.494 e. The monoisotopic (exact) mass is 518 g/mol. The fourth-order valence-electron chi connectivity index (χ4n) is 4.14. The molecular weight excluding hydrogens is 484 g/mol. The number of methoxy groups -OCH3 is 2. The Morgan fingerprint density at radius 3 is 2.30 bits per heavy atom. The van der Waals surface area contributed by atoms with Crippen molar-refractivity contribution in [3.05, 3.63) is 111 Å². The van der Waals surface area contributed by atoms with Crippen LogP contribution in [0.15, 0.2) is 77.6 Å². The van der Waals surface area contributed by atoms with Crippen molar-refractivity contribution in [3.8, 4) is 17.2 Å². The second-order valence-corrected chi connectivity index (χ2v) is 9.19. The molecule has 0 spiro atoms. The quantitative estimate of drug-likeness (QED) is 0.250. The van der Waals surface area contributed by atoms with Gasteiger partial charge in [0.1, 0.15) is 23.0 Å². The molecule has 6 heteroatoms. The number of aromatic nitrogens is 2. The average Bonchev–Trinajstić information content (AvgIpc) is 2.91. The Morgan fingerprint density at radius 1 is 1.08 bits per heavy atom. The zero-order valence-electron chi connectivity index (χ0n) is 22.3. The van der Waals surface area contributed by atoms with Gasteiger partial charge in [-0.1, -0.05) is 68.0 Å². The van der Waals surface area contributed by atoms with E-state index in [2.05, 4.69) is 13.5 Å². The van der Waals surface area contributed by atoms with Gasteiger partial charge in [0.05, 0.1) is 14.2 Å². The summed E-state index contributed by atoms with van der Waals surface area (Å²) in [5.41, 5.74) is 4.64. The maximum Gasteiger partial charge on any atom is 0.262 e. The molecule has 0 amide bonds. The molecule has 0 saturated carbocycles. The maximum absolute atomic E-state index is 14.1. The first-order chi connectivity index (χ1) is 17.8. The van der Waals surface area contributed by atoms with Crippen LogP contribution in [0.2, 0.25) is 5.02 Å². The fraction of sp³-hybridized carbons (Fsp3) is 0.290. The van der Waals surface area contributed by atoms with Crippen molar-refractivity contribution in [2.75, 3.05) is 14.2 Å². The molecule has 3 aromatic rings. The van der Waals surface area contributed by atoms with Gasteiger partial charge in [0, 0.05) is 29.1 Å². The van der Waals surface area contributed by atoms with E-state index in [0.29, 0.717) is 46.4 Å². The summed E-state index contributed by atoms with van der Waals surface area (Å²) in [6.07, 6.45) is 8.97. The van der Waals surface area contributed by atoms with Gasteiger partial charge in [0.25, 0.3) is 5.56 Å². The summed E-state index contributed by atoms with van der Waals surface area (Å²) in [7, 11) is 3.18. The SMILES string of the molecule is C=C(/C=C\C(=C/C)Cc1c(C)nc(CCCC)n(-c2c(OC)cccc2OC)c1=O)c1ccc(Cl)cc1. The van der Waals surface area contributed by atoms with Crippen molar-refractivity contribution in [2.24, 2.45) is 0 Å². The Balaban J connectivity index is 2.07. The first-order valence-corrected chi connectivity index (χ1v) is 12.8. The lowest BCUT2D eigenvalue weighted by atomic mass is 10.0. The van der Waals surface area contributed by atoms with Gasteiger partial charge in [-0.05, 0) is 61.2 Å². The lowest BCUT2D eigenvalue weighted by molar-refractivity contribution is 0.389. The third kappa shape index (κ3) is 6.60. The van der Waals surface area contributed by atoms with E-state index in [1.165, 1.54) is 0 Å². The van der Waals surface area contributed by atoms with Crippen LogP contribution in [-0.2, 0) is 12.8 Å². The van der Waals surface area contributed by atoms with Crippen LogP contribution in [0.4, 0.5) is 0 Å². The lowest BCUT2D eigenvalue weighted by Crippen LogP contribution is -2.29. The lowest BCUT2D eigenvalue weighted by Gasteiger charge is -2.20. The number of ether oxygens (including phenoxy) is 2. The molecule has 0 unspecified atom stereocenters. The molecule has 0 radical (unpaired) electrons. The number of halogens is 1. The van der Waals surface area contributed by atoms with Crippen LogP contribution < -0.4 is 15.0 Å². The molecule has 0 N–H and O–H groups in total. The van der Waals surface area contributed by atoms with Crippen molar-refractivity contribution in [1.29, 1.82) is 0 Å². The third-order valence-electron chi connectivity index (χ3n) is 6.30. The molecule has 5 nitrogen and oxygen atoms in total. The highest BCUT2D eigenvalue weighted by Gasteiger charge is 2.21. The van der Waals surface area contributed by atoms with Crippen molar-refractivity contribution in [2.45, 2.75) is 46.5 Å². The summed E-state index contributed by atoms with van der Waals surface area (Å²) < 4.78 is 12.9. The molecule has 0 aliphatic carbocycles. The van der Waals surface area contributed by atoms with Crippen LogP contribution in [0.25, 0.3) is 11.3 Å². The summed E-state index contributed by atoms with van der Waals surface area (Å²) in [6.45, 7) is 10.2. The summed E-state index contributed by atoms with van der Waals surface area (Å²) in [4.78, 5) is 19.0. The van der Waals surface area contributed by atoms with Gasteiger partial charge in [0.15, 0.2) is 0 Å². The van der Waals surface area contributed by atoms with Crippen molar-refractivity contribution in [1.82, 2.24) is 9.55 Å². The number of aryl methyl sites for hydroxylation is 2. The van der Waals surface area contributed by atoms with Gasteiger partial charge < -0.3 is 9.47 Å². The highest BCUT2D eigenvalue weighted by molar-refractivity contribution is 6.30. The number of unbranched alkanes of at least 4 members (excludes halogenated alkanes) is 1. The van der Waals surface area contributed by atoms with Gasteiger partial charge in [-0.3, -0.25) is 9.36 Å². The average molecular weight is 519 g/mol. The summed E-state index contributed by atoms with van der Waals surface area (Å²) in [5, 5.41) is 0.683. The smallest absolute Gasteiger partial charge is 0.262 e. The number of nitrogens with zero attached hydrogens (tertiary/aromatic N) is 2. The van der Waals surface area contributed by atoms with Crippen molar-refractivity contribution in [3.63, 3.8) is 0 Å². The highest BCUT2D eigenvalue weighted by atomic mass is 35.5. The summed E-state index contributed by atoms with van der Waals surface area (Å²) in [5.74, 6) is 1.81. The first-order valence-electron chi connectivity index (χ1n) is 12.4. The van der Waals surface area contributed by atoms with E-state index in [1.807, 2.05) is 74.5 Å². The zero-order valence-corrected chi connectivity index (χ0v) is 23.1. The molecule has 1 heterocycles. The van der Waals surface area contributed by atoms with Gasteiger partial charge in [-0.25, -0.2) is 4.98 Å². The Morgan fingerprint density at radius 2 is 1.73 bits per heavy atom. The van der Waals surface area contributed by atoms with E-state index >= 15 is 0 Å². The van der Waals surface area contributed by atoms with E-state index in [1.54, 1.807) is 18.8 Å². The van der Waals surface area contributed by atoms with Crippen LogP contribution >= 0.6 is 11.6 Å². The van der Waals surface area contributed by atoms with Crippen LogP contribution in [0.5, 0.6) is 11.5 Å². The van der Waals surface area contributed by atoms with Gasteiger partial charge >= 0.3 is 0 Å². The van der Waals surface area contributed by atoms with Crippen LogP contribution in [0.3, 0.4) is 0 Å². The number of hydrogen-bond donors (Lipinski definition) is 0. The topological polar surface area (TPSA) is 53.4 Å². The fourth-order valence-corrected chi connectivity index (χ4v) is 4.26. The molecule has 0 fully saturated rings. The number of hydrogen-bond acceptors (Lipinski definition) is 4. The zero-order chi connectivity index (χ0) is 26.9. The minimum atomic E-state index is -0.120. The molecule has 194 valence electrons. The normalized spacial score (nSPS) is 11.7. The molecule has 0 saturated heterocycles. The molecule has 0 atom stereocenters. The minimum absolute atomic E-state index is 0.120. The molecule has 3 rings (SSSR count). The molecular formula is C31H35ClN2O3. The first kappa shape index (κ1) is 28.0. The van der Waals surface area contributed by atoms with Gasteiger partial charge in [0.2, 0.25) is 0 Å². The predicted octanol–water partition coefficient (Wildman–Crippen LogP) is 7.31. The second-order valence-electron chi connectivity index (χ2n) is 8.75. The summed E-state index contributed by atoms with van der Waals surface area (Å²) in [6, 6.07) is 13.1. The number of allylic oxidation sites excluding steroid dienone is 5. The van der Waals surface area contributed by atoms with Gasteiger partial charge in [-0.2, -0.15) is 0 Å². The highest BCUT2D eigenvalue weighted by Crippen LogP contribution is 2.32. The van der Waals surface area contributed by atoms with E-state index in [9.17, 15) is 4.79 Å². The van der Waals surface area contributed by atoms with E-state index in [-0.39, 0.29) is 5.56 Å². The molecule has 37 heavy (non-hydrogen) atoms. The Labute approximate surface area is 224 Å². The number of para-hydroxylation sites is 1. The molecule has 0 aliphatic heterocycles. The largest absolute Gasteiger partial charge is 0.494 e. The molecule has 1 aromatic heterocycles. The van der Waals surface area contributed by atoms with E-state index < -0.39 is 0 Å². The maximum atomic E-state index is 14.1.